The Balaban J connectivity index is 2.19. The summed E-state index contributed by atoms with van der Waals surface area (Å²) in [6.07, 6.45) is 1.88. The zero-order chi connectivity index (χ0) is 13.0. The van der Waals surface area contributed by atoms with Crippen molar-refractivity contribution < 1.29 is 0 Å². The minimum atomic E-state index is 0.771. The van der Waals surface area contributed by atoms with E-state index < -0.39 is 0 Å². The van der Waals surface area contributed by atoms with Crippen molar-refractivity contribution in [3.63, 3.8) is 0 Å². The maximum absolute atomic E-state index is 5.89. The average molecular weight is 258 g/mol. The van der Waals surface area contributed by atoms with Crippen LogP contribution >= 0.6 is 11.6 Å². The van der Waals surface area contributed by atoms with E-state index in [1.54, 1.807) is 0 Å². The Morgan fingerprint density at radius 1 is 1.11 bits per heavy atom. The molecule has 2 aromatic rings. The first-order valence-electron chi connectivity index (χ1n) is 5.88. The molecule has 0 amide bonds. The van der Waals surface area contributed by atoms with Gasteiger partial charge in [-0.3, -0.25) is 0 Å². The van der Waals surface area contributed by atoms with Crippen LogP contribution in [0.4, 0.5) is 5.69 Å². The first kappa shape index (κ1) is 12.7. The normalized spacial score (nSPS) is 10.1. The lowest BCUT2D eigenvalue weighted by molar-refractivity contribution is 0.922. The van der Waals surface area contributed by atoms with Gasteiger partial charge >= 0.3 is 0 Å². The first-order chi connectivity index (χ1) is 8.70. The molecule has 0 atom stereocenters. The highest BCUT2D eigenvalue weighted by Crippen LogP contribution is 2.22. The van der Waals surface area contributed by atoms with Crippen molar-refractivity contribution >= 4 is 23.4 Å². The van der Waals surface area contributed by atoms with Gasteiger partial charge in [-0.05, 0) is 29.3 Å². The third-order valence-electron chi connectivity index (χ3n) is 2.90. The molecule has 0 aromatic heterocycles. The van der Waals surface area contributed by atoms with Crippen molar-refractivity contribution in [2.45, 2.75) is 6.54 Å². The summed E-state index contributed by atoms with van der Waals surface area (Å²) < 4.78 is 0. The quantitative estimate of drug-likeness (QED) is 0.773. The van der Waals surface area contributed by atoms with Crippen LogP contribution in [0.15, 0.2) is 55.1 Å². The van der Waals surface area contributed by atoms with Gasteiger partial charge in [-0.2, -0.15) is 0 Å². The smallest absolute Gasteiger partial charge is 0.0440 e. The second-order valence-electron chi connectivity index (χ2n) is 4.25. The molecule has 0 unspecified atom stereocenters. The second-order valence-corrected chi connectivity index (χ2v) is 4.68. The Labute approximate surface area is 113 Å². The van der Waals surface area contributed by atoms with E-state index in [1.807, 2.05) is 30.3 Å². The molecule has 18 heavy (non-hydrogen) atoms. The van der Waals surface area contributed by atoms with Gasteiger partial charge in [-0.1, -0.05) is 54.6 Å². The molecule has 0 aliphatic carbocycles. The number of benzene rings is 2. The second kappa shape index (κ2) is 5.74. The van der Waals surface area contributed by atoms with E-state index in [9.17, 15) is 0 Å². The van der Waals surface area contributed by atoms with E-state index in [0.717, 1.165) is 17.1 Å². The average Bonchev–Trinajstić information content (AvgIpc) is 2.41. The predicted molar refractivity (Wildman–Crippen MR) is 80.1 cm³/mol. The summed E-state index contributed by atoms with van der Waals surface area (Å²) in [6.45, 7) is 4.70. The molecule has 0 fully saturated rings. The van der Waals surface area contributed by atoms with Crippen LogP contribution in [0.3, 0.4) is 0 Å². The van der Waals surface area contributed by atoms with Crippen LogP contribution in [0.2, 0.25) is 5.02 Å². The molecule has 0 aliphatic heterocycles. The number of hydrogen-bond acceptors (Lipinski definition) is 1. The summed E-state index contributed by atoms with van der Waals surface area (Å²) in [5, 5.41) is 0.771. The molecule has 0 bridgehead atoms. The van der Waals surface area contributed by atoms with Crippen LogP contribution in [0, 0.1) is 0 Å². The fourth-order valence-electron chi connectivity index (χ4n) is 1.96. The van der Waals surface area contributed by atoms with Gasteiger partial charge in [0, 0.05) is 24.3 Å². The topological polar surface area (TPSA) is 3.24 Å². The molecule has 0 N–H and O–H groups in total. The van der Waals surface area contributed by atoms with Crippen LogP contribution in [0.1, 0.15) is 11.1 Å². The van der Waals surface area contributed by atoms with Gasteiger partial charge in [0.05, 0.1) is 0 Å². The largest absolute Gasteiger partial charge is 0.370 e. The number of para-hydroxylation sites is 1. The molecule has 2 rings (SSSR count). The number of rotatable bonds is 4. The fraction of sp³-hybridized carbons (Fsp3) is 0.125. The molecular formula is C16H16ClN. The molecular weight excluding hydrogens is 242 g/mol. The third kappa shape index (κ3) is 2.93. The summed E-state index contributed by atoms with van der Waals surface area (Å²) >= 11 is 5.89. The SMILES string of the molecule is C=Cc1ccccc1N(C)Cc1ccc(Cl)cc1. The van der Waals surface area contributed by atoms with Crippen LogP contribution in [-0.4, -0.2) is 7.05 Å². The van der Waals surface area contributed by atoms with Gasteiger partial charge < -0.3 is 4.90 Å². The van der Waals surface area contributed by atoms with Crippen molar-refractivity contribution in [3.05, 3.63) is 71.3 Å². The molecule has 0 spiro atoms. The van der Waals surface area contributed by atoms with E-state index in [2.05, 4.69) is 42.8 Å². The molecule has 0 saturated heterocycles. The molecule has 1 nitrogen and oxygen atoms in total. The Kier molecular flexibility index (Phi) is 4.06. The molecule has 0 saturated carbocycles. The van der Waals surface area contributed by atoms with Crippen LogP contribution in [0.25, 0.3) is 6.08 Å². The van der Waals surface area contributed by atoms with E-state index in [0.29, 0.717) is 0 Å². The lowest BCUT2D eigenvalue weighted by atomic mass is 10.1. The predicted octanol–water partition coefficient (Wildman–Crippen LogP) is 4.62. The Bertz CT molecular complexity index is 531. The minimum Gasteiger partial charge on any atom is -0.370 e. The van der Waals surface area contributed by atoms with Gasteiger partial charge in [0.15, 0.2) is 0 Å². The van der Waals surface area contributed by atoms with Crippen LogP contribution in [-0.2, 0) is 6.54 Å². The van der Waals surface area contributed by atoms with Gasteiger partial charge in [0.1, 0.15) is 0 Å². The molecule has 0 radical (unpaired) electrons. The van der Waals surface area contributed by atoms with Crippen molar-refractivity contribution in [2.75, 3.05) is 11.9 Å². The summed E-state index contributed by atoms with van der Waals surface area (Å²) in [4.78, 5) is 2.21. The monoisotopic (exact) mass is 257 g/mol. The van der Waals surface area contributed by atoms with Crippen molar-refractivity contribution in [1.82, 2.24) is 0 Å². The van der Waals surface area contributed by atoms with Crippen LogP contribution < -0.4 is 4.90 Å². The van der Waals surface area contributed by atoms with Crippen molar-refractivity contribution in [2.24, 2.45) is 0 Å². The molecule has 2 aromatic carbocycles. The van der Waals surface area contributed by atoms with Crippen molar-refractivity contribution in [1.29, 1.82) is 0 Å². The standard InChI is InChI=1S/C16H16ClN/c1-3-14-6-4-5-7-16(14)18(2)12-13-8-10-15(17)11-9-13/h3-11H,1,12H2,2H3. The lowest BCUT2D eigenvalue weighted by Gasteiger charge is -2.21. The number of hydrogen-bond donors (Lipinski definition) is 0. The Morgan fingerprint density at radius 2 is 1.78 bits per heavy atom. The third-order valence-corrected chi connectivity index (χ3v) is 3.15. The summed E-state index contributed by atoms with van der Waals surface area (Å²) in [5.74, 6) is 0. The maximum Gasteiger partial charge on any atom is 0.0440 e. The molecule has 92 valence electrons. The number of anilines is 1. The van der Waals surface area contributed by atoms with E-state index in [1.165, 1.54) is 11.3 Å². The van der Waals surface area contributed by atoms with E-state index >= 15 is 0 Å². The Morgan fingerprint density at radius 3 is 2.44 bits per heavy atom. The zero-order valence-electron chi connectivity index (χ0n) is 10.4. The number of nitrogens with zero attached hydrogens (tertiary/aromatic N) is 1. The summed E-state index contributed by atoms with van der Waals surface area (Å²) in [5.41, 5.74) is 3.57. The summed E-state index contributed by atoms with van der Waals surface area (Å²) in [7, 11) is 2.08. The van der Waals surface area contributed by atoms with Crippen molar-refractivity contribution in [3.8, 4) is 0 Å². The van der Waals surface area contributed by atoms with Gasteiger partial charge in [-0.25, -0.2) is 0 Å². The maximum atomic E-state index is 5.89. The molecule has 2 heteroatoms. The highest BCUT2D eigenvalue weighted by atomic mass is 35.5. The van der Waals surface area contributed by atoms with Crippen LogP contribution in [0.5, 0.6) is 0 Å². The van der Waals surface area contributed by atoms with Gasteiger partial charge in [-0.15, -0.1) is 0 Å². The highest BCUT2D eigenvalue weighted by molar-refractivity contribution is 6.30. The zero-order valence-corrected chi connectivity index (χ0v) is 11.2. The Hall–Kier alpha value is -1.73. The first-order valence-corrected chi connectivity index (χ1v) is 6.25. The highest BCUT2D eigenvalue weighted by Gasteiger charge is 2.05. The van der Waals surface area contributed by atoms with Gasteiger partial charge in [0.25, 0.3) is 0 Å². The fourth-order valence-corrected chi connectivity index (χ4v) is 2.08. The van der Waals surface area contributed by atoms with E-state index in [-0.39, 0.29) is 0 Å². The number of halogens is 1. The lowest BCUT2D eigenvalue weighted by Crippen LogP contribution is -2.17. The van der Waals surface area contributed by atoms with Gasteiger partial charge in [0.2, 0.25) is 0 Å². The molecule has 0 aliphatic rings. The minimum absolute atomic E-state index is 0.771. The van der Waals surface area contributed by atoms with E-state index in [4.69, 9.17) is 11.6 Å². The summed E-state index contributed by atoms with van der Waals surface area (Å²) in [6, 6.07) is 16.2. The molecule has 0 heterocycles.